The summed E-state index contributed by atoms with van der Waals surface area (Å²) in [5.41, 5.74) is 1.75. The Hall–Kier alpha value is -2.85. The zero-order chi connectivity index (χ0) is 22.5. The number of nitrogens with zero attached hydrogens (tertiary/aromatic N) is 5. The maximum absolute atomic E-state index is 12.8. The molecule has 1 aromatic carbocycles. The number of benzene rings is 1. The van der Waals surface area contributed by atoms with Crippen LogP contribution in [0.5, 0.6) is 5.75 Å². The smallest absolute Gasteiger partial charge is 0.323 e. The van der Waals surface area contributed by atoms with Crippen LogP contribution in [0.15, 0.2) is 29.6 Å². The molecule has 2 aliphatic rings. The first kappa shape index (κ1) is 22.3. The van der Waals surface area contributed by atoms with E-state index in [9.17, 15) is 9.59 Å². The van der Waals surface area contributed by atoms with E-state index in [-0.39, 0.29) is 18.4 Å². The van der Waals surface area contributed by atoms with Gasteiger partial charge in [0.05, 0.1) is 24.9 Å². The zero-order valence-corrected chi connectivity index (χ0v) is 19.4. The molecule has 2 fully saturated rings. The van der Waals surface area contributed by atoms with Crippen molar-refractivity contribution in [1.82, 2.24) is 19.7 Å². The molecule has 2 aromatic rings. The Morgan fingerprint density at radius 3 is 2.44 bits per heavy atom. The highest BCUT2D eigenvalue weighted by atomic mass is 32.1. The summed E-state index contributed by atoms with van der Waals surface area (Å²) in [7, 11) is 3.73. The van der Waals surface area contributed by atoms with Crippen molar-refractivity contribution >= 4 is 34.1 Å². The van der Waals surface area contributed by atoms with E-state index in [0.717, 1.165) is 37.6 Å². The number of rotatable bonds is 5. The number of anilines is 2. The van der Waals surface area contributed by atoms with Crippen molar-refractivity contribution in [3.05, 3.63) is 35.3 Å². The monoisotopic (exact) mass is 458 g/mol. The molecule has 0 radical (unpaired) electrons. The number of piperazine rings is 2. The number of carbonyl (C=O) groups is 2. The van der Waals surface area contributed by atoms with Crippen molar-refractivity contribution in [2.45, 2.75) is 6.42 Å². The summed E-state index contributed by atoms with van der Waals surface area (Å²) in [6.07, 6.45) is 0.246. The van der Waals surface area contributed by atoms with Gasteiger partial charge in [-0.1, -0.05) is 12.1 Å². The first-order valence-electron chi connectivity index (χ1n) is 10.9. The first-order chi connectivity index (χ1) is 15.5. The summed E-state index contributed by atoms with van der Waals surface area (Å²) in [5, 5.41) is 5.26. The third-order valence-corrected chi connectivity index (χ3v) is 6.75. The van der Waals surface area contributed by atoms with Gasteiger partial charge in [-0.25, -0.2) is 9.78 Å². The number of nitrogens with one attached hydrogen (secondary N) is 1. The summed E-state index contributed by atoms with van der Waals surface area (Å²) in [6, 6.07) is 7.83. The maximum atomic E-state index is 12.8. The van der Waals surface area contributed by atoms with Gasteiger partial charge in [0.1, 0.15) is 5.75 Å². The summed E-state index contributed by atoms with van der Waals surface area (Å²) in [5.74, 6) is 0.910. The Morgan fingerprint density at radius 2 is 1.72 bits per heavy atom. The van der Waals surface area contributed by atoms with E-state index in [1.165, 1.54) is 11.3 Å². The van der Waals surface area contributed by atoms with Crippen LogP contribution in [0, 0.1) is 0 Å². The standard InChI is InChI=1S/C22H30N6O3S/c1-25-7-9-28(10-8-25)22(30)24-21-23-17(16-32-21)15-20(29)27-13-11-26(12-14-27)18-5-3-4-6-19(18)31-2/h3-6,16H,7-15H2,1-2H3,(H,23,24,30). The van der Waals surface area contributed by atoms with E-state index in [4.69, 9.17) is 4.74 Å². The number of carbonyl (C=O) groups excluding carboxylic acids is 2. The minimum Gasteiger partial charge on any atom is -0.495 e. The number of hydrogen-bond donors (Lipinski definition) is 1. The second-order valence-corrected chi connectivity index (χ2v) is 8.94. The Morgan fingerprint density at radius 1 is 1.03 bits per heavy atom. The largest absolute Gasteiger partial charge is 0.495 e. The fraction of sp³-hybridized carbons (Fsp3) is 0.500. The van der Waals surface area contributed by atoms with E-state index in [1.54, 1.807) is 12.0 Å². The molecule has 0 unspecified atom stereocenters. The van der Waals surface area contributed by atoms with Crippen LogP contribution in [0.1, 0.15) is 5.69 Å². The molecule has 2 aliphatic heterocycles. The number of thiazole rings is 1. The van der Waals surface area contributed by atoms with Crippen LogP contribution in [0.4, 0.5) is 15.6 Å². The molecule has 172 valence electrons. The highest BCUT2D eigenvalue weighted by Gasteiger charge is 2.24. The SMILES string of the molecule is COc1ccccc1N1CCN(C(=O)Cc2csc(NC(=O)N3CCN(C)CC3)n2)CC1. The van der Waals surface area contributed by atoms with Gasteiger partial charge in [0.2, 0.25) is 5.91 Å². The van der Waals surface area contributed by atoms with Gasteiger partial charge < -0.3 is 24.3 Å². The molecule has 1 aromatic heterocycles. The Kier molecular flexibility index (Phi) is 7.11. The van der Waals surface area contributed by atoms with E-state index in [1.807, 2.05) is 34.5 Å². The molecule has 0 bridgehead atoms. The molecule has 1 N–H and O–H groups in total. The van der Waals surface area contributed by atoms with Gasteiger partial charge in [0.25, 0.3) is 0 Å². The molecule has 3 heterocycles. The lowest BCUT2D eigenvalue weighted by Gasteiger charge is -2.36. The molecular weight excluding hydrogens is 428 g/mol. The van der Waals surface area contributed by atoms with Crippen LogP contribution in [0.3, 0.4) is 0 Å². The van der Waals surface area contributed by atoms with Gasteiger partial charge in [-0.2, -0.15) is 0 Å². The van der Waals surface area contributed by atoms with Crippen molar-refractivity contribution in [3.63, 3.8) is 0 Å². The van der Waals surface area contributed by atoms with E-state index in [2.05, 4.69) is 27.1 Å². The average Bonchev–Trinajstić information content (AvgIpc) is 3.26. The van der Waals surface area contributed by atoms with Gasteiger partial charge in [-0.3, -0.25) is 10.1 Å². The normalized spacial score (nSPS) is 17.4. The van der Waals surface area contributed by atoms with Gasteiger partial charge in [0.15, 0.2) is 5.13 Å². The number of likely N-dealkylation sites (N-methyl/N-ethyl adjacent to an activating group) is 1. The van der Waals surface area contributed by atoms with Gasteiger partial charge in [0, 0.05) is 57.7 Å². The summed E-state index contributed by atoms with van der Waals surface area (Å²) in [4.78, 5) is 37.8. The molecule has 10 heteroatoms. The lowest BCUT2D eigenvalue weighted by Crippen LogP contribution is -2.49. The number of urea groups is 1. The van der Waals surface area contributed by atoms with Crippen LogP contribution >= 0.6 is 11.3 Å². The summed E-state index contributed by atoms with van der Waals surface area (Å²) >= 11 is 1.36. The van der Waals surface area contributed by atoms with E-state index >= 15 is 0 Å². The molecule has 2 saturated heterocycles. The molecule has 0 atom stereocenters. The fourth-order valence-corrected chi connectivity index (χ4v) is 4.68. The number of amides is 3. The van der Waals surface area contributed by atoms with E-state index in [0.29, 0.717) is 37.0 Å². The van der Waals surface area contributed by atoms with Crippen molar-refractivity contribution in [1.29, 1.82) is 0 Å². The highest BCUT2D eigenvalue weighted by Crippen LogP contribution is 2.28. The molecule has 32 heavy (non-hydrogen) atoms. The van der Waals surface area contributed by atoms with Crippen LogP contribution in [-0.2, 0) is 11.2 Å². The number of hydrogen-bond acceptors (Lipinski definition) is 7. The third-order valence-electron chi connectivity index (χ3n) is 5.95. The fourth-order valence-electron chi connectivity index (χ4n) is 3.98. The predicted molar refractivity (Wildman–Crippen MR) is 126 cm³/mol. The minimum atomic E-state index is -0.127. The number of para-hydroxylation sites is 2. The van der Waals surface area contributed by atoms with Crippen LogP contribution < -0.4 is 15.0 Å². The lowest BCUT2D eigenvalue weighted by molar-refractivity contribution is -0.130. The van der Waals surface area contributed by atoms with Gasteiger partial charge in [-0.15, -0.1) is 11.3 Å². The number of aromatic nitrogens is 1. The van der Waals surface area contributed by atoms with Crippen LogP contribution in [0.25, 0.3) is 0 Å². The molecule has 0 aliphatic carbocycles. The molecule has 4 rings (SSSR count). The van der Waals surface area contributed by atoms with E-state index < -0.39 is 0 Å². The average molecular weight is 459 g/mol. The lowest BCUT2D eigenvalue weighted by atomic mass is 10.2. The number of methoxy groups -OCH3 is 1. The molecule has 0 spiro atoms. The quantitative estimate of drug-likeness (QED) is 0.736. The van der Waals surface area contributed by atoms with Crippen molar-refractivity contribution < 1.29 is 14.3 Å². The second kappa shape index (κ2) is 10.2. The molecule has 3 amide bonds. The Balaban J connectivity index is 1.26. The van der Waals surface area contributed by atoms with Gasteiger partial charge in [-0.05, 0) is 19.2 Å². The Bertz CT molecular complexity index is 935. The third kappa shape index (κ3) is 5.31. The summed E-state index contributed by atoms with van der Waals surface area (Å²) < 4.78 is 5.46. The van der Waals surface area contributed by atoms with Crippen molar-refractivity contribution in [3.8, 4) is 5.75 Å². The predicted octanol–water partition coefficient (Wildman–Crippen LogP) is 1.82. The summed E-state index contributed by atoms with van der Waals surface area (Å²) in [6.45, 7) is 6.00. The van der Waals surface area contributed by atoms with Gasteiger partial charge >= 0.3 is 6.03 Å². The molecule has 0 saturated carbocycles. The van der Waals surface area contributed by atoms with Crippen molar-refractivity contribution in [2.75, 3.05) is 76.7 Å². The maximum Gasteiger partial charge on any atom is 0.323 e. The minimum absolute atomic E-state index is 0.0620. The van der Waals surface area contributed by atoms with Crippen LogP contribution in [0.2, 0.25) is 0 Å². The van der Waals surface area contributed by atoms with Crippen LogP contribution in [-0.4, -0.2) is 98.1 Å². The number of ether oxygens (including phenoxy) is 1. The molecule has 9 nitrogen and oxygen atoms in total. The Labute approximate surface area is 192 Å². The topological polar surface area (TPSA) is 81.2 Å². The zero-order valence-electron chi connectivity index (χ0n) is 18.6. The van der Waals surface area contributed by atoms with Crippen molar-refractivity contribution in [2.24, 2.45) is 0 Å². The second-order valence-electron chi connectivity index (χ2n) is 8.08. The highest BCUT2D eigenvalue weighted by molar-refractivity contribution is 7.13. The first-order valence-corrected chi connectivity index (χ1v) is 11.8. The molecular formula is C22H30N6O3S.